The summed E-state index contributed by atoms with van der Waals surface area (Å²) in [7, 11) is 0. The number of pyridine rings is 1. The number of primary amides is 1. The number of hydrogen-bond donors (Lipinski definition) is 1. The molecule has 102 valence electrons. The average molecular weight is 279 g/mol. The molecular weight excluding hydrogens is 260 g/mol. The maximum absolute atomic E-state index is 10.7. The molecule has 0 aliphatic rings. The van der Waals surface area contributed by atoms with E-state index in [2.05, 4.69) is 16.8 Å². The molecule has 0 atom stereocenters. The van der Waals surface area contributed by atoms with Crippen LogP contribution in [0.5, 0.6) is 0 Å². The van der Waals surface area contributed by atoms with Crippen LogP contribution in [0.25, 0.3) is 0 Å². The highest BCUT2D eigenvalue weighted by atomic mass is 35.5. The van der Waals surface area contributed by atoms with E-state index in [-0.39, 0.29) is 11.3 Å². The van der Waals surface area contributed by atoms with Gasteiger partial charge in [-0.1, -0.05) is 23.6 Å². The number of carbonyl (C=O) groups is 1. The minimum absolute atomic E-state index is 0.0888. The van der Waals surface area contributed by atoms with E-state index >= 15 is 0 Å². The smallest absolute Gasteiger partial charge is 0.217 e. The van der Waals surface area contributed by atoms with Gasteiger partial charge in [0.05, 0.1) is 0 Å². The van der Waals surface area contributed by atoms with E-state index in [0.29, 0.717) is 23.7 Å². The second-order valence-corrected chi connectivity index (χ2v) is 5.85. The highest BCUT2D eigenvalue weighted by Gasteiger charge is 2.07. The van der Waals surface area contributed by atoms with Gasteiger partial charge in [-0.3, -0.25) is 4.79 Å². The number of hydrogen-bond acceptors (Lipinski definition) is 2. The summed E-state index contributed by atoms with van der Waals surface area (Å²) in [6.07, 6.45) is 1.79. The molecule has 0 bridgehead atoms. The van der Waals surface area contributed by atoms with Crippen molar-refractivity contribution >= 4 is 17.5 Å². The van der Waals surface area contributed by atoms with Crippen LogP contribution in [0.2, 0.25) is 5.15 Å². The van der Waals surface area contributed by atoms with Gasteiger partial charge in [-0.25, -0.2) is 4.98 Å². The molecule has 0 fully saturated rings. The SMILES string of the molecule is CC(C)(C)C#Cc1nc(Cl)ccc1CCCC(N)=O. The second-order valence-electron chi connectivity index (χ2n) is 5.46. The van der Waals surface area contributed by atoms with E-state index in [1.54, 1.807) is 6.07 Å². The highest BCUT2D eigenvalue weighted by molar-refractivity contribution is 6.29. The number of rotatable bonds is 4. The van der Waals surface area contributed by atoms with Crippen molar-refractivity contribution in [3.05, 3.63) is 28.5 Å². The summed E-state index contributed by atoms with van der Waals surface area (Å²) in [5.74, 6) is 5.92. The zero-order valence-corrected chi connectivity index (χ0v) is 12.3. The van der Waals surface area contributed by atoms with Gasteiger partial charge in [0.1, 0.15) is 10.8 Å². The van der Waals surface area contributed by atoms with Gasteiger partial charge in [-0.15, -0.1) is 0 Å². The van der Waals surface area contributed by atoms with Crippen molar-refractivity contribution in [3.8, 4) is 11.8 Å². The van der Waals surface area contributed by atoms with Crippen molar-refractivity contribution in [1.29, 1.82) is 0 Å². The maximum Gasteiger partial charge on any atom is 0.217 e. The average Bonchev–Trinajstić information content (AvgIpc) is 2.27. The molecule has 0 unspecified atom stereocenters. The van der Waals surface area contributed by atoms with Crippen molar-refractivity contribution in [2.45, 2.75) is 40.0 Å². The van der Waals surface area contributed by atoms with Crippen molar-refractivity contribution in [2.24, 2.45) is 11.1 Å². The molecule has 0 spiro atoms. The Morgan fingerprint density at radius 3 is 2.68 bits per heavy atom. The van der Waals surface area contributed by atoms with Crippen LogP contribution in [0.15, 0.2) is 12.1 Å². The first kappa shape index (κ1) is 15.5. The number of aryl methyl sites for hydroxylation is 1. The van der Waals surface area contributed by atoms with Gasteiger partial charge in [0.15, 0.2) is 0 Å². The molecule has 0 saturated heterocycles. The van der Waals surface area contributed by atoms with Gasteiger partial charge >= 0.3 is 0 Å². The topological polar surface area (TPSA) is 56.0 Å². The molecule has 0 aliphatic carbocycles. The molecule has 2 N–H and O–H groups in total. The molecule has 1 aromatic rings. The first-order chi connectivity index (χ1) is 8.78. The number of nitrogens with zero attached hydrogens (tertiary/aromatic N) is 1. The monoisotopic (exact) mass is 278 g/mol. The summed E-state index contributed by atoms with van der Waals surface area (Å²) in [5, 5.41) is 0.428. The van der Waals surface area contributed by atoms with Crippen LogP contribution in [-0.2, 0) is 11.2 Å². The molecule has 1 heterocycles. The summed E-state index contributed by atoms with van der Waals surface area (Å²) in [6.45, 7) is 6.12. The Morgan fingerprint density at radius 1 is 1.42 bits per heavy atom. The van der Waals surface area contributed by atoms with Crippen molar-refractivity contribution < 1.29 is 4.79 Å². The predicted octanol–water partition coefficient (Wildman–Crippen LogP) is 2.94. The van der Waals surface area contributed by atoms with E-state index < -0.39 is 0 Å². The van der Waals surface area contributed by atoms with Crippen LogP contribution in [0.3, 0.4) is 0 Å². The molecule has 1 aromatic heterocycles. The van der Waals surface area contributed by atoms with Gasteiger partial charge in [-0.05, 0) is 51.2 Å². The van der Waals surface area contributed by atoms with E-state index in [9.17, 15) is 4.79 Å². The zero-order valence-electron chi connectivity index (χ0n) is 11.6. The molecule has 3 nitrogen and oxygen atoms in total. The van der Waals surface area contributed by atoms with E-state index in [0.717, 1.165) is 12.0 Å². The van der Waals surface area contributed by atoms with Crippen molar-refractivity contribution in [1.82, 2.24) is 4.98 Å². The zero-order chi connectivity index (χ0) is 14.5. The van der Waals surface area contributed by atoms with Crippen LogP contribution in [0, 0.1) is 17.3 Å². The number of nitrogens with two attached hydrogens (primary N) is 1. The summed E-state index contributed by atoms with van der Waals surface area (Å²) in [6, 6.07) is 3.65. The number of halogens is 1. The van der Waals surface area contributed by atoms with Crippen LogP contribution >= 0.6 is 11.6 Å². The third-order valence-electron chi connectivity index (χ3n) is 2.37. The van der Waals surface area contributed by atoms with Crippen LogP contribution in [0.1, 0.15) is 44.9 Å². The molecule has 4 heteroatoms. The summed E-state index contributed by atoms with van der Waals surface area (Å²) in [4.78, 5) is 15.0. The highest BCUT2D eigenvalue weighted by Crippen LogP contribution is 2.15. The first-order valence-electron chi connectivity index (χ1n) is 6.25. The third-order valence-corrected chi connectivity index (χ3v) is 2.58. The van der Waals surface area contributed by atoms with E-state index in [4.69, 9.17) is 17.3 Å². The van der Waals surface area contributed by atoms with Crippen molar-refractivity contribution in [2.75, 3.05) is 0 Å². The lowest BCUT2D eigenvalue weighted by Gasteiger charge is -2.08. The van der Waals surface area contributed by atoms with E-state index in [1.165, 1.54) is 0 Å². The lowest BCUT2D eigenvalue weighted by molar-refractivity contribution is -0.118. The Hall–Kier alpha value is -1.53. The fourth-order valence-electron chi connectivity index (χ4n) is 1.47. The maximum atomic E-state index is 10.7. The third kappa shape index (κ3) is 6.26. The molecule has 1 rings (SSSR count). The Balaban J connectivity index is 2.91. The lowest BCUT2D eigenvalue weighted by atomic mass is 9.97. The first-order valence-corrected chi connectivity index (χ1v) is 6.62. The summed E-state index contributed by atoms with van der Waals surface area (Å²) >= 11 is 5.90. The van der Waals surface area contributed by atoms with E-state index in [1.807, 2.05) is 26.8 Å². The van der Waals surface area contributed by atoms with Gasteiger partial charge in [0.25, 0.3) is 0 Å². The predicted molar refractivity (Wildman–Crippen MR) is 77.7 cm³/mol. The Labute approximate surface area is 119 Å². The number of amides is 1. The van der Waals surface area contributed by atoms with Gasteiger partial charge in [0, 0.05) is 11.8 Å². The standard InChI is InChI=1S/C15H19ClN2O/c1-15(2,3)10-9-12-11(5-4-6-14(17)19)7-8-13(16)18-12/h7-8H,4-6H2,1-3H3,(H2,17,19). The molecule has 0 aliphatic heterocycles. The Kier molecular flexibility index (Phi) is 5.38. The molecule has 0 saturated carbocycles. The molecule has 19 heavy (non-hydrogen) atoms. The van der Waals surface area contributed by atoms with Crippen LogP contribution in [-0.4, -0.2) is 10.9 Å². The molecule has 0 radical (unpaired) electrons. The minimum atomic E-state index is -0.288. The van der Waals surface area contributed by atoms with Crippen LogP contribution < -0.4 is 5.73 Å². The van der Waals surface area contributed by atoms with Crippen LogP contribution in [0.4, 0.5) is 0 Å². The van der Waals surface area contributed by atoms with Crippen molar-refractivity contribution in [3.63, 3.8) is 0 Å². The summed E-state index contributed by atoms with van der Waals surface area (Å²) < 4.78 is 0. The molecule has 1 amide bonds. The lowest BCUT2D eigenvalue weighted by Crippen LogP contribution is -2.10. The summed E-state index contributed by atoms with van der Waals surface area (Å²) in [5.41, 5.74) is 6.73. The Morgan fingerprint density at radius 2 is 2.11 bits per heavy atom. The Bertz CT molecular complexity index is 521. The fourth-order valence-corrected chi connectivity index (χ4v) is 1.62. The largest absolute Gasteiger partial charge is 0.370 e. The molecular formula is C15H19ClN2O. The fraction of sp³-hybridized carbons (Fsp3) is 0.467. The van der Waals surface area contributed by atoms with Gasteiger partial charge < -0.3 is 5.73 Å². The number of aromatic nitrogens is 1. The van der Waals surface area contributed by atoms with Gasteiger partial charge in [0.2, 0.25) is 5.91 Å². The second kappa shape index (κ2) is 6.58. The van der Waals surface area contributed by atoms with Gasteiger partial charge in [-0.2, -0.15) is 0 Å². The number of carbonyl (C=O) groups excluding carboxylic acids is 1. The quantitative estimate of drug-likeness (QED) is 0.680. The minimum Gasteiger partial charge on any atom is -0.370 e. The normalized spacial score (nSPS) is 10.7. The molecule has 0 aromatic carbocycles.